The molecule has 6 heteroatoms. The van der Waals surface area contributed by atoms with E-state index >= 15 is 0 Å². The largest absolute Gasteiger partial charge is 0.478 e. The van der Waals surface area contributed by atoms with Crippen LogP contribution in [0.5, 0.6) is 0 Å². The molecule has 1 N–H and O–H groups in total. The second kappa shape index (κ2) is 7.97. The minimum Gasteiger partial charge on any atom is -0.478 e. The van der Waals surface area contributed by atoms with Gasteiger partial charge < -0.3 is 5.11 Å². The molecule has 1 heterocycles. The Kier molecular flexibility index (Phi) is 5.21. The molecule has 0 bridgehead atoms. The number of carboxylic acid groups (broad SMARTS) is 1. The topological polar surface area (TPSA) is 70.0 Å². The lowest BCUT2D eigenvalue weighted by atomic mass is 10.1. The van der Waals surface area contributed by atoms with E-state index in [-0.39, 0.29) is 17.2 Å². The molecule has 0 saturated heterocycles. The van der Waals surface area contributed by atoms with Gasteiger partial charge in [-0.25, -0.2) is 9.79 Å². The van der Waals surface area contributed by atoms with Crippen LogP contribution in [0.3, 0.4) is 0 Å². The summed E-state index contributed by atoms with van der Waals surface area (Å²) in [5, 5.41) is 9.63. The van der Waals surface area contributed by atoms with Crippen molar-refractivity contribution in [3.63, 3.8) is 0 Å². The predicted molar refractivity (Wildman–Crippen MR) is 118 cm³/mol. The van der Waals surface area contributed by atoms with Gasteiger partial charge >= 0.3 is 5.97 Å². The van der Waals surface area contributed by atoms with E-state index in [1.165, 1.54) is 12.1 Å². The summed E-state index contributed by atoms with van der Waals surface area (Å²) in [6.07, 6.45) is 1.65. The lowest BCUT2D eigenvalue weighted by Gasteiger charge is -2.18. The van der Waals surface area contributed by atoms with Crippen LogP contribution in [0.4, 0.5) is 5.69 Å². The highest BCUT2D eigenvalue weighted by molar-refractivity contribution is 6.34. The molecular formula is C24H17ClN2O3. The molecule has 1 amide bonds. The SMILES string of the molecule is Cc1ccc(C2=N/C(=C/c3ccc(C(=O)O)cc3)C(=O)N2c2ccc(Cl)cc2)cc1. The van der Waals surface area contributed by atoms with Crippen LogP contribution in [0.2, 0.25) is 5.02 Å². The van der Waals surface area contributed by atoms with Gasteiger partial charge in [-0.1, -0.05) is 53.6 Å². The maximum absolute atomic E-state index is 13.2. The van der Waals surface area contributed by atoms with Crippen LogP contribution in [0.25, 0.3) is 6.08 Å². The molecule has 5 nitrogen and oxygen atoms in total. The van der Waals surface area contributed by atoms with Crippen molar-refractivity contribution in [2.24, 2.45) is 4.99 Å². The molecule has 30 heavy (non-hydrogen) atoms. The molecule has 148 valence electrons. The lowest BCUT2D eigenvalue weighted by molar-refractivity contribution is -0.113. The zero-order valence-corrected chi connectivity index (χ0v) is 16.8. The predicted octanol–water partition coefficient (Wildman–Crippen LogP) is 5.18. The summed E-state index contributed by atoms with van der Waals surface area (Å²) in [7, 11) is 0. The molecule has 0 radical (unpaired) electrons. The van der Waals surface area contributed by atoms with E-state index in [0.29, 0.717) is 22.1 Å². The highest BCUT2D eigenvalue weighted by atomic mass is 35.5. The summed E-state index contributed by atoms with van der Waals surface area (Å²) in [5.41, 5.74) is 3.72. The fourth-order valence-corrected chi connectivity index (χ4v) is 3.25. The number of amides is 1. The molecule has 1 aliphatic rings. The number of halogens is 1. The lowest BCUT2D eigenvalue weighted by Crippen LogP contribution is -2.32. The Balaban J connectivity index is 1.78. The van der Waals surface area contributed by atoms with E-state index in [1.54, 1.807) is 47.4 Å². The zero-order valence-electron chi connectivity index (χ0n) is 16.0. The zero-order chi connectivity index (χ0) is 21.3. The minimum absolute atomic E-state index is 0.182. The first-order valence-electron chi connectivity index (χ1n) is 9.23. The molecule has 0 spiro atoms. The van der Waals surface area contributed by atoms with Crippen molar-refractivity contribution >= 4 is 41.1 Å². The third kappa shape index (κ3) is 3.88. The first-order chi connectivity index (χ1) is 14.4. The molecule has 0 atom stereocenters. The van der Waals surface area contributed by atoms with Gasteiger partial charge in [0, 0.05) is 10.6 Å². The van der Waals surface area contributed by atoms with Crippen LogP contribution in [-0.2, 0) is 4.79 Å². The Hall–Kier alpha value is -3.70. The van der Waals surface area contributed by atoms with Gasteiger partial charge in [0.05, 0.1) is 11.3 Å². The van der Waals surface area contributed by atoms with Crippen LogP contribution in [-0.4, -0.2) is 22.8 Å². The number of rotatable bonds is 4. The number of carbonyl (C=O) groups excluding carboxylic acids is 1. The smallest absolute Gasteiger partial charge is 0.335 e. The Labute approximate surface area is 178 Å². The summed E-state index contributed by atoms with van der Waals surface area (Å²) in [6, 6.07) is 21.1. The first kappa shape index (κ1) is 19.6. The minimum atomic E-state index is -1.00. The van der Waals surface area contributed by atoms with Gasteiger partial charge in [-0.15, -0.1) is 0 Å². The molecule has 0 unspecified atom stereocenters. The molecule has 0 aromatic heterocycles. The van der Waals surface area contributed by atoms with E-state index in [9.17, 15) is 9.59 Å². The van der Waals surface area contributed by atoms with Crippen molar-refractivity contribution in [2.45, 2.75) is 6.92 Å². The molecule has 0 fully saturated rings. The Morgan fingerprint density at radius 1 is 0.967 bits per heavy atom. The Morgan fingerprint density at radius 2 is 1.60 bits per heavy atom. The molecule has 0 saturated carbocycles. The number of hydrogen-bond acceptors (Lipinski definition) is 3. The van der Waals surface area contributed by atoms with Crippen molar-refractivity contribution in [3.05, 3.63) is 106 Å². The van der Waals surface area contributed by atoms with Crippen molar-refractivity contribution in [1.29, 1.82) is 0 Å². The van der Waals surface area contributed by atoms with Crippen LogP contribution < -0.4 is 4.90 Å². The standard InChI is InChI=1S/C24H17ClN2O3/c1-15-2-6-17(7-3-15)22-26-21(14-16-4-8-18(9-5-16)24(29)30)23(28)27(22)20-12-10-19(25)11-13-20/h2-14H,1H3,(H,29,30)/b21-14+. The number of carbonyl (C=O) groups is 2. The quantitative estimate of drug-likeness (QED) is 0.595. The number of aromatic carboxylic acids is 1. The van der Waals surface area contributed by atoms with E-state index in [1.807, 2.05) is 31.2 Å². The van der Waals surface area contributed by atoms with Gasteiger partial charge in [0.1, 0.15) is 11.5 Å². The summed E-state index contributed by atoms with van der Waals surface area (Å²) < 4.78 is 0. The van der Waals surface area contributed by atoms with Gasteiger partial charge in [0.25, 0.3) is 5.91 Å². The number of anilines is 1. The van der Waals surface area contributed by atoms with Gasteiger partial charge in [-0.05, 0) is 55.0 Å². The number of hydrogen-bond donors (Lipinski definition) is 1. The number of amidine groups is 1. The van der Waals surface area contributed by atoms with E-state index < -0.39 is 5.97 Å². The Morgan fingerprint density at radius 3 is 2.20 bits per heavy atom. The average Bonchev–Trinajstić information content (AvgIpc) is 3.06. The third-order valence-corrected chi connectivity index (χ3v) is 4.97. The van der Waals surface area contributed by atoms with Crippen LogP contribution in [0.1, 0.15) is 27.0 Å². The highest BCUT2D eigenvalue weighted by Gasteiger charge is 2.32. The molecule has 4 rings (SSSR count). The van der Waals surface area contributed by atoms with Gasteiger partial charge in [-0.3, -0.25) is 9.69 Å². The van der Waals surface area contributed by atoms with Gasteiger partial charge in [-0.2, -0.15) is 0 Å². The second-order valence-corrected chi connectivity index (χ2v) is 7.31. The molecule has 3 aromatic rings. The van der Waals surface area contributed by atoms with E-state index in [0.717, 1.165) is 11.1 Å². The van der Waals surface area contributed by atoms with E-state index in [2.05, 4.69) is 4.99 Å². The van der Waals surface area contributed by atoms with Crippen LogP contribution in [0, 0.1) is 6.92 Å². The van der Waals surface area contributed by atoms with Gasteiger partial charge in [0.2, 0.25) is 0 Å². The third-order valence-electron chi connectivity index (χ3n) is 4.72. The summed E-state index contributed by atoms with van der Waals surface area (Å²) in [5.74, 6) is -0.745. The number of carboxylic acids is 1. The monoisotopic (exact) mass is 416 g/mol. The Bertz CT molecular complexity index is 1180. The maximum Gasteiger partial charge on any atom is 0.335 e. The molecule has 3 aromatic carbocycles. The van der Waals surface area contributed by atoms with Crippen LogP contribution >= 0.6 is 11.6 Å². The number of aryl methyl sites for hydroxylation is 1. The average molecular weight is 417 g/mol. The molecular weight excluding hydrogens is 400 g/mol. The van der Waals surface area contributed by atoms with Crippen molar-refractivity contribution in [2.75, 3.05) is 4.90 Å². The van der Waals surface area contributed by atoms with Crippen molar-refractivity contribution in [3.8, 4) is 0 Å². The van der Waals surface area contributed by atoms with Crippen molar-refractivity contribution < 1.29 is 14.7 Å². The normalized spacial score (nSPS) is 14.9. The molecule has 1 aliphatic heterocycles. The first-order valence-corrected chi connectivity index (χ1v) is 9.61. The van der Waals surface area contributed by atoms with Gasteiger partial charge in [0.15, 0.2) is 0 Å². The van der Waals surface area contributed by atoms with E-state index in [4.69, 9.17) is 16.7 Å². The van der Waals surface area contributed by atoms with Crippen molar-refractivity contribution in [1.82, 2.24) is 0 Å². The molecule has 0 aliphatic carbocycles. The number of aliphatic imine (C=N–C) groups is 1. The fraction of sp³-hybridized carbons (Fsp3) is 0.0417. The fourth-order valence-electron chi connectivity index (χ4n) is 3.12. The highest BCUT2D eigenvalue weighted by Crippen LogP contribution is 2.29. The second-order valence-electron chi connectivity index (χ2n) is 6.88. The van der Waals surface area contributed by atoms with Crippen LogP contribution in [0.15, 0.2) is 83.5 Å². The number of benzene rings is 3. The summed E-state index contributed by atoms with van der Waals surface area (Å²) in [4.78, 5) is 30.4. The maximum atomic E-state index is 13.2. The summed E-state index contributed by atoms with van der Waals surface area (Å²) >= 11 is 6.01. The number of nitrogens with zero attached hydrogens (tertiary/aromatic N) is 2. The summed E-state index contributed by atoms with van der Waals surface area (Å²) in [6.45, 7) is 1.99.